The lowest BCUT2D eigenvalue weighted by atomic mass is 10.1. The van der Waals surface area contributed by atoms with Gasteiger partial charge in [0.15, 0.2) is 5.78 Å². The van der Waals surface area contributed by atoms with Crippen molar-refractivity contribution in [2.45, 2.75) is 6.61 Å². The third kappa shape index (κ3) is 4.78. The smallest absolute Gasteiger partial charge is 0.187 e. The lowest BCUT2D eigenvalue weighted by Gasteiger charge is -2.06. The Labute approximate surface area is 123 Å². The lowest BCUT2D eigenvalue weighted by molar-refractivity contribution is 0.104. The second-order valence-electron chi connectivity index (χ2n) is 4.36. The molecule has 0 bridgehead atoms. The quantitative estimate of drug-likeness (QED) is 0.466. The predicted octanol–water partition coefficient (Wildman–Crippen LogP) is 2.50. The van der Waals surface area contributed by atoms with Crippen LogP contribution in [-0.4, -0.2) is 17.6 Å². The van der Waals surface area contributed by atoms with E-state index < -0.39 is 0 Å². The summed E-state index contributed by atoms with van der Waals surface area (Å²) in [5, 5.41) is 11.1. The summed E-state index contributed by atoms with van der Waals surface area (Å²) >= 11 is 0. The Balaban J connectivity index is 1.91. The number of ketones is 1. The van der Waals surface area contributed by atoms with E-state index >= 15 is 0 Å². The highest BCUT2D eigenvalue weighted by Gasteiger charge is 2.02. The van der Waals surface area contributed by atoms with Crippen LogP contribution in [0, 0.1) is 0 Å². The molecule has 0 unspecified atom stereocenters. The van der Waals surface area contributed by atoms with Crippen molar-refractivity contribution in [2.24, 2.45) is 0 Å². The summed E-state index contributed by atoms with van der Waals surface area (Å²) in [5.41, 5.74) is 1.66. The average Bonchev–Trinajstić information content (AvgIpc) is 2.54. The highest BCUT2D eigenvalue weighted by molar-refractivity contribution is 6.04. The molecule has 0 radical (unpaired) electrons. The van der Waals surface area contributed by atoms with Crippen molar-refractivity contribution in [2.75, 3.05) is 6.73 Å². The highest BCUT2D eigenvalue weighted by Crippen LogP contribution is 2.14. The van der Waals surface area contributed by atoms with Crippen LogP contribution in [0.3, 0.4) is 0 Å². The van der Waals surface area contributed by atoms with Crippen molar-refractivity contribution in [3.8, 4) is 5.75 Å². The van der Waals surface area contributed by atoms with E-state index in [1.165, 1.54) is 12.3 Å². The molecule has 0 saturated heterocycles. The molecule has 21 heavy (non-hydrogen) atoms. The molecule has 0 atom stereocenters. The van der Waals surface area contributed by atoms with E-state index in [1.807, 2.05) is 30.3 Å². The van der Waals surface area contributed by atoms with Crippen LogP contribution >= 0.6 is 0 Å². The summed E-state index contributed by atoms with van der Waals surface area (Å²) in [7, 11) is 0. The first-order chi connectivity index (χ1) is 10.3. The first-order valence-electron chi connectivity index (χ1n) is 6.61. The van der Waals surface area contributed by atoms with Crippen molar-refractivity contribution in [3.63, 3.8) is 0 Å². The van der Waals surface area contributed by atoms with Crippen LogP contribution in [-0.2, 0) is 6.61 Å². The minimum atomic E-state index is -0.198. The summed E-state index contributed by atoms with van der Waals surface area (Å²) in [6, 6.07) is 16.8. The number of hydrogen-bond donors (Lipinski definition) is 2. The predicted molar refractivity (Wildman–Crippen MR) is 80.9 cm³/mol. The van der Waals surface area contributed by atoms with Gasteiger partial charge in [-0.1, -0.05) is 30.3 Å². The molecule has 0 spiro atoms. The normalized spacial score (nSPS) is 10.5. The zero-order valence-electron chi connectivity index (χ0n) is 11.5. The van der Waals surface area contributed by atoms with Gasteiger partial charge in [-0.25, -0.2) is 0 Å². The molecule has 0 heterocycles. The van der Waals surface area contributed by atoms with E-state index in [0.29, 0.717) is 17.9 Å². The van der Waals surface area contributed by atoms with Crippen LogP contribution in [0.25, 0.3) is 0 Å². The fourth-order valence-corrected chi connectivity index (χ4v) is 1.74. The molecule has 2 rings (SSSR count). The number of ether oxygens (including phenoxy) is 1. The number of allylic oxidation sites excluding steroid dienone is 1. The van der Waals surface area contributed by atoms with Gasteiger partial charge in [-0.3, -0.25) is 4.79 Å². The van der Waals surface area contributed by atoms with Gasteiger partial charge < -0.3 is 15.2 Å². The van der Waals surface area contributed by atoms with Gasteiger partial charge in [-0.05, 0) is 29.8 Å². The summed E-state index contributed by atoms with van der Waals surface area (Å²) in [4.78, 5) is 11.8. The van der Waals surface area contributed by atoms with Crippen molar-refractivity contribution in [1.82, 2.24) is 5.32 Å². The summed E-state index contributed by atoms with van der Waals surface area (Å²) in [5.74, 6) is 0.582. The average molecular weight is 283 g/mol. The van der Waals surface area contributed by atoms with E-state index in [-0.39, 0.29) is 12.5 Å². The van der Waals surface area contributed by atoms with E-state index in [0.717, 1.165) is 5.56 Å². The van der Waals surface area contributed by atoms with Gasteiger partial charge in [0, 0.05) is 17.8 Å². The van der Waals surface area contributed by atoms with Gasteiger partial charge in [0.25, 0.3) is 0 Å². The van der Waals surface area contributed by atoms with Gasteiger partial charge in [-0.15, -0.1) is 0 Å². The molecular weight excluding hydrogens is 266 g/mol. The topological polar surface area (TPSA) is 58.6 Å². The Morgan fingerprint density at radius 3 is 2.48 bits per heavy atom. The van der Waals surface area contributed by atoms with Crippen molar-refractivity contribution >= 4 is 5.78 Å². The Hall–Kier alpha value is -2.59. The molecule has 2 aromatic rings. The van der Waals surface area contributed by atoms with Crippen LogP contribution in [0.2, 0.25) is 0 Å². The maximum atomic E-state index is 11.8. The largest absolute Gasteiger partial charge is 0.489 e. The second kappa shape index (κ2) is 7.87. The third-order valence-electron chi connectivity index (χ3n) is 2.83. The number of benzene rings is 2. The van der Waals surface area contributed by atoms with E-state index in [4.69, 9.17) is 9.84 Å². The fraction of sp³-hybridized carbons (Fsp3) is 0.118. The minimum Gasteiger partial charge on any atom is -0.489 e. The van der Waals surface area contributed by atoms with Crippen LogP contribution in [0.1, 0.15) is 15.9 Å². The van der Waals surface area contributed by atoms with E-state index in [1.54, 1.807) is 24.3 Å². The monoisotopic (exact) mass is 283 g/mol. The number of rotatable bonds is 7. The molecule has 0 amide bonds. The Morgan fingerprint density at radius 2 is 1.81 bits per heavy atom. The van der Waals surface area contributed by atoms with Gasteiger partial charge in [0.2, 0.25) is 0 Å². The van der Waals surface area contributed by atoms with E-state index in [2.05, 4.69) is 5.32 Å². The second-order valence-corrected chi connectivity index (χ2v) is 4.36. The Kier molecular flexibility index (Phi) is 5.55. The van der Waals surface area contributed by atoms with Gasteiger partial charge in [0.05, 0.1) is 0 Å². The number of carbonyl (C=O) groups excluding carboxylic acids is 1. The summed E-state index contributed by atoms with van der Waals surface area (Å²) < 4.78 is 5.65. The summed E-state index contributed by atoms with van der Waals surface area (Å²) in [6.07, 6.45) is 2.79. The van der Waals surface area contributed by atoms with Gasteiger partial charge >= 0.3 is 0 Å². The third-order valence-corrected chi connectivity index (χ3v) is 2.83. The number of nitrogens with one attached hydrogen (secondary N) is 1. The molecular formula is C17H17NO3. The summed E-state index contributed by atoms with van der Waals surface area (Å²) in [6.45, 7) is 0.296. The molecule has 0 saturated carbocycles. The lowest BCUT2D eigenvalue weighted by Crippen LogP contribution is -2.06. The van der Waals surface area contributed by atoms with Crippen LogP contribution < -0.4 is 10.1 Å². The highest BCUT2D eigenvalue weighted by atomic mass is 16.5. The Bertz CT molecular complexity index is 591. The maximum Gasteiger partial charge on any atom is 0.187 e. The van der Waals surface area contributed by atoms with Gasteiger partial charge in [0.1, 0.15) is 19.1 Å². The minimum absolute atomic E-state index is 0.134. The van der Waals surface area contributed by atoms with Crippen LogP contribution in [0.5, 0.6) is 5.75 Å². The zero-order valence-corrected chi connectivity index (χ0v) is 11.5. The molecule has 0 fully saturated rings. The molecule has 2 aromatic carbocycles. The maximum absolute atomic E-state index is 11.8. The zero-order chi connectivity index (χ0) is 14.9. The SMILES string of the molecule is O=C(/C=C\NCO)c1ccc(OCc2ccccc2)cc1. The van der Waals surface area contributed by atoms with Gasteiger partial charge in [-0.2, -0.15) is 0 Å². The van der Waals surface area contributed by atoms with Crippen molar-refractivity contribution in [1.29, 1.82) is 0 Å². The van der Waals surface area contributed by atoms with Crippen LogP contribution in [0.4, 0.5) is 0 Å². The molecule has 4 nitrogen and oxygen atoms in total. The van der Waals surface area contributed by atoms with E-state index in [9.17, 15) is 4.79 Å². The molecule has 108 valence electrons. The molecule has 2 N–H and O–H groups in total. The van der Waals surface area contributed by atoms with Crippen molar-refractivity contribution in [3.05, 3.63) is 78.0 Å². The van der Waals surface area contributed by atoms with Crippen molar-refractivity contribution < 1.29 is 14.6 Å². The number of carbonyl (C=O) groups is 1. The number of aliphatic hydroxyl groups is 1. The van der Waals surface area contributed by atoms with Crippen LogP contribution in [0.15, 0.2) is 66.9 Å². The molecule has 0 aliphatic rings. The number of aliphatic hydroxyl groups excluding tert-OH is 1. The fourth-order valence-electron chi connectivity index (χ4n) is 1.74. The molecule has 4 heteroatoms. The first kappa shape index (κ1) is 14.8. The first-order valence-corrected chi connectivity index (χ1v) is 6.61. The molecule has 0 aliphatic carbocycles. The Morgan fingerprint density at radius 1 is 1.10 bits per heavy atom. The number of hydrogen-bond acceptors (Lipinski definition) is 4. The molecule has 0 aromatic heterocycles. The molecule has 0 aliphatic heterocycles. The standard InChI is InChI=1S/C17H17NO3/c19-13-18-11-10-17(20)15-6-8-16(9-7-15)21-12-14-4-2-1-3-5-14/h1-11,18-19H,12-13H2/b11-10-.